The maximum absolute atomic E-state index is 13.6. The highest BCUT2D eigenvalue weighted by Gasteiger charge is 2.31. The molecule has 1 atom stereocenters. The summed E-state index contributed by atoms with van der Waals surface area (Å²) < 4.78 is 8.87. The Morgan fingerprint density at radius 1 is 1.19 bits per heavy atom. The summed E-state index contributed by atoms with van der Waals surface area (Å²) in [6.45, 7) is 5.17. The molecule has 1 fully saturated rings. The number of hydrogen-bond acceptors (Lipinski definition) is 4. The molecule has 3 aromatic rings. The molecule has 31 heavy (non-hydrogen) atoms. The van der Waals surface area contributed by atoms with Gasteiger partial charge in [-0.3, -0.25) is 9.59 Å². The summed E-state index contributed by atoms with van der Waals surface area (Å²) in [5, 5.41) is 4.77. The van der Waals surface area contributed by atoms with E-state index >= 15 is 0 Å². The molecule has 2 aromatic heterocycles. The van der Waals surface area contributed by atoms with Gasteiger partial charge in [0.05, 0.1) is 23.9 Å². The van der Waals surface area contributed by atoms with Crippen molar-refractivity contribution in [2.24, 2.45) is 13.0 Å². The van der Waals surface area contributed by atoms with Gasteiger partial charge in [-0.15, -0.1) is 0 Å². The topological polar surface area (TPSA) is 69.4 Å². The van der Waals surface area contributed by atoms with Crippen molar-refractivity contribution < 1.29 is 14.3 Å². The molecule has 0 bridgehead atoms. The molecule has 0 aliphatic carbocycles. The van der Waals surface area contributed by atoms with Crippen molar-refractivity contribution in [2.45, 2.75) is 26.7 Å². The van der Waals surface area contributed by atoms with E-state index in [0.717, 1.165) is 35.5 Å². The van der Waals surface area contributed by atoms with Crippen molar-refractivity contribution in [1.29, 1.82) is 0 Å². The smallest absolute Gasteiger partial charge is 0.310 e. The van der Waals surface area contributed by atoms with Crippen LogP contribution in [-0.4, -0.2) is 50.8 Å². The molecule has 0 radical (unpaired) electrons. The molecular weight excluding hydrogens is 392 g/mol. The minimum atomic E-state index is -0.277. The lowest BCUT2D eigenvalue weighted by Gasteiger charge is -2.31. The van der Waals surface area contributed by atoms with E-state index in [0.29, 0.717) is 25.4 Å². The van der Waals surface area contributed by atoms with Crippen LogP contribution in [0.4, 0.5) is 0 Å². The number of hydrogen-bond donors (Lipinski definition) is 0. The number of aromatic nitrogens is 3. The van der Waals surface area contributed by atoms with E-state index in [-0.39, 0.29) is 17.8 Å². The summed E-state index contributed by atoms with van der Waals surface area (Å²) in [6, 6.07) is 13.7. The number of esters is 1. The number of ether oxygens (including phenoxy) is 1. The standard InChI is InChI=1S/C24H28N4O3/c1-4-31-24(30)18-7-5-14-27(16-18)23(29)22-15-20(21-8-6-13-26(21)3)25-28(22)19-11-9-17(2)10-12-19/h6,8-13,15,18H,4-5,7,14,16H2,1-3H3. The van der Waals surface area contributed by atoms with Gasteiger partial charge in [0.2, 0.25) is 0 Å². The molecule has 4 rings (SSSR count). The molecule has 0 saturated carbocycles. The Hall–Kier alpha value is -3.35. The lowest BCUT2D eigenvalue weighted by atomic mass is 9.98. The Labute approximate surface area is 182 Å². The summed E-state index contributed by atoms with van der Waals surface area (Å²) in [7, 11) is 1.95. The van der Waals surface area contributed by atoms with Gasteiger partial charge in [0.15, 0.2) is 0 Å². The second kappa shape index (κ2) is 8.79. The summed E-state index contributed by atoms with van der Waals surface area (Å²) in [4.78, 5) is 27.6. The van der Waals surface area contributed by atoms with Crippen molar-refractivity contribution in [3.63, 3.8) is 0 Å². The first-order valence-corrected chi connectivity index (χ1v) is 10.7. The van der Waals surface area contributed by atoms with Gasteiger partial charge < -0.3 is 14.2 Å². The Bertz CT molecular complexity index is 1080. The molecule has 162 valence electrons. The molecule has 1 unspecified atom stereocenters. The quantitative estimate of drug-likeness (QED) is 0.592. The molecule has 3 heterocycles. The summed E-state index contributed by atoms with van der Waals surface area (Å²) in [6.07, 6.45) is 3.48. The number of carbonyl (C=O) groups is 2. The molecule has 0 N–H and O–H groups in total. The van der Waals surface area contributed by atoms with Gasteiger partial charge in [0, 0.05) is 26.3 Å². The summed E-state index contributed by atoms with van der Waals surface area (Å²) in [5.41, 5.74) is 4.12. The Balaban J connectivity index is 1.69. The van der Waals surface area contributed by atoms with Crippen molar-refractivity contribution >= 4 is 11.9 Å². The first-order valence-electron chi connectivity index (χ1n) is 10.7. The molecule has 1 saturated heterocycles. The highest BCUT2D eigenvalue weighted by atomic mass is 16.5. The maximum atomic E-state index is 13.6. The average Bonchev–Trinajstić information content (AvgIpc) is 3.40. The minimum absolute atomic E-state index is 0.123. The fourth-order valence-electron chi connectivity index (χ4n) is 4.04. The van der Waals surface area contributed by atoms with Crippen LogP contribution in [0.25, 0.3) is 17.1 Å². The van der Waals surface area contributed by atoms with E-state index < -0.39 is 0 Å². The number of likely N-dealkylation sites (tertiary alicyclic amines) is 1. The molecule has 1 aliphatic rings. The van der Waals surface area contributed by atoms with Gasteiger partial charge in [-0.2, -0.15) is 5.10 Å². The Kier molecular flexibility index (Phi) is 5.93. The van der Waals surface area contributed by atoms with Gasteiger partial charge in [0.25, 0.3) is 5.91 Å². The third-order valence-corrected chi connectivity index (χ3v) is 5.74. The number of benzene rings is 1. The highest BCUT2D eigenvalue weighted by Crippen LogP contribution is 2.25. The lowest BCUT2D eigenvalue weighted by molar-refractivity contribution is -0.149. The number of nitrogens with zero attached hydrogens (tertiary/aromatic N) is 4. The fraction of sp³-hybridized carbons (Fsp3) is 0.375. The first-order chi connectivity index (χ1) is 15.0. The Morgan fingerprint density at radius 3 is 2.65 bits per heavy atom. The molecular formula is C24H28N4O3. The van der Waals surface area contributed by atoms with E-state index in [1.807, 2.05) is 67.2 Å². The van der Waals surface area contributed by atoms with Crippen molar-refractivity contribution in [2.75, 3.05) is 19.7 Å². The van der Waals surface area contributed by atoms with Gasteiger partial charge in [-0.25, -0.2) is 4.68 Å². The van der Waals surface area contributed by atoms with Crippen LogP contribution in [0, 0.1) is 12.8 Å². The third-order valence-electron chi connectivity index (χ3n) is 5.74. The third kappa shape index (κ3) is 4.26. The molecule has 0 spiro atoms. The largest absolute Gasteiger partial charge is 0.466 e. The second-order valence-electron chi connectivity index (χ2n) is 8.01. The molecule has 7 nitrogen and oxygen atoms in total. The van der Waals surface area contributed by atoms with Gasteiger partial charge in [0.1, 0.15) is 11.4 Å². The predicted molar refractivity (Wildman–Crippen MR) is 118 cm³/mol. The van der Waals surface area contributed by atoms with Gasteiger partial charge in [-0.1, -0.05) is 17.7 Å². The zero-order valence-electron chi connectivity index (χ0n) is 18.2. The predicted octanol–water partition coefficient (Wildman–Crippen LogP) is 3.60. The van der Waals surface area contributed by atoms with Crippen LogP contribution in [0.5, 0.6) is 0 Å². The normalized spacial score (nSPS) is 16.4. The number of carbonyl (C=O) groups excluding carboxylic acids is 2. The number of amides is 1. The van der Waals surface area contributed by atoms with E-state index in [4.69, 9.17) is 9.84 Å². The fourth-order valence-corrected chi connectivity index (χ4v) is 4.04. The van der Waals surface area contributed by atoms with E-state index in [2.05, 4.69) is 0 Å². The van der Waals surface area contributed by atoms with E-state index in [1.54, 1.807) is 16.5 Å². The Morgan fingerprint density at radius 2 is 1.97 bits per heavy atom. The monoisotopic (exact) mass is 420 g/mol. The highest BCUT2D eigenvalue weighted by molar-refractivity contribution is 5.94. The lowest BCUT2D eigenvalue weighted by Crippen LogP contribution is -2.43. The van der Waals surface area contributed by atoms with Crippen LogP contribution in [0.15, 0.2) is 48.7 Å². The van der Waals surface area contributed by atoms with Crippen LogP contribution in [0.1, 0.15) is 35.8 Å². The maximum Gasteiger partial charge on any atom is 0.310 e. The van der Waals surface area contributed by atoms with Gasteiger partial charge in [-0.05, 0) is 57.0 Å². The number of piperidine rings is 1. The number of aryl methyl sites for hydroxylation is 2. The zero-order valence-corrected chi connectivity index (χ0v) is 18.2. The van der Waals surface area contributed by atoms with Crippen LogP contribution in [0.3, 0.4) is 0 Å². The molecule has 1 aromatic carbocycles. The van der Waals surface area contributed by atoms with E-state index in [1.165, 1.54) is 0 Å². The van der Waals surface area contributed by atoms with Crippen molar-refractivity contribution in [3.05, 3.63) is 59.9 Å². The van der Waals surface area contributed by atoms with Crippen LogP contribution < -0.4 is 0 Å². The summed E-state index contributed by atoms with van der Waals surface area (Å²) in [5.74, 6) is -0.625. The number of rotatable bonds is 5. The zero-order chi connectivity index (χ0) is 22.0. The van der Waals surface area contributed by atoms with Gasteiger partial charge >= 0.3 is 5.97 Å². The molecule has 1 aliphatic heterocycles. The van der Waals surface area contributed by atoms with Crippen LogP contribution >= 0.6 is 0 Å². The van der Waals surface area contributed by atoms with Crippen LogP contribution in [0.2, 0.25) is 0 Å². The van der Waals surface area contributed by atoms with Crippen molar-refractivity contribution in [3.8, 4) is 17.1 Å². The van der Waals surface area contributed by atoms with Crippen molar-refractivity contribution in [1.82, 2.24) is 19.2 Å². The molecule has 7 heteroatoms. The first kappa shape index (κ1) is 20.9. The SMILES string of the molecule is CCOC(=O)C1CCCN(C(=O)c2cc(-c3cccn3C)nn2-c2ccc(C)cc2)C1. The summed E-state index contributed by atoms with van der Waals surface area (Å²) >= 11 is 0. The van der Waals surface area contributed by atoms with E-state index in [9.17, 15) is 9.59 Å². The molecule has 1 amide bonds. The average molecular weight is 421 g/mol. The van der Waals surface area contributed by atoms with Crippen LogP contribution in [-0.2, 0) is 16.6 Å². The second-order valence-corrected chi connectivity index (χ2v) is 8.01. The minimum Gasteiger partial charge on any atom is -0.466 e.